The third kappa shape index (κ3) is 2.49. The summed E-state index contributed by atoms with van der Waals surface area (Å²) in [5, 5.41) is 10.4. The molecule has 0 atom stereocenters. The lowest BCUT2D eigenvalue weighted by molar-refractivity contribution is -0.384. The van der Waals surface area contributed by atoms with Gasteiger partial charge in [0.15, 0.2) is 0 Å². The second-order valence-corrected chi connectivity index (χ2v) is 3.81. The van der Waals surface area contributed by atoms with Crippen LogP contribution in [0.5, 0.6) is 0 Å². The molecule has 0 fully saturated rings. The monoisotopic (exact) mass is 332 g/mol. The van der Waals surface area contributed by atoms with E-state index < -0.39 is 22.4 Å². The lowest BCUT2D eigenvalue weighted by Gasteiger charge is -2.08. The number of alkyl halides is 3. The van der Waals surface area contributed by atoms with Crippen molar-refractivity contribution in [3.63, 3.8) is 0 Å². The van der Waals surface area contributed by atoms with Crippen LogP contribution >= 0.6 is 22.6 Å². The first-order valence-corrected chi connectivity index (χ1v) is 4.62. The van der Waals surface area contributed by atoms with Gasteiger partial charge < -0.3 is 5.73 Å². The van der Waals surface area contributed by atoms with Gasteiger partial charge in [-0.15, -0.1) is 0 Å². The Balaban J connectivity index is 3.43. The molecular formula is C7H4F3IN2O2. The maximum Gasteiger partial charge on any atom is 0.416 e. The number of rotatable bonds is 1. The highest BCUT2D eigenvalue weighted by atomic mass is 127. The van der Waals surface area contributed by atoms with E-state index in [1.54, 1.807) is 0 Å². The Morgan fingerprint density at radius 3 is 2.33 bits per heavy atom. The topological polar surface area (TPSA) is 69.2 Å². The van der Waals surface area contributed by atoms with Gasteiger partial charge in [-0.1, -0.05) is 0 Å². The highest BCUT2D eigenvalue weighted by molar-refractivity contribution is 14.1. The van der Waals surface area contributed by atoms with Crippen molar-refractivity contribution >= 4 is 34.0 Å². The first-order chi connectivity index (χ1) is 6.73. The van der Waals surface area contributed by atoms with Crippen LogP contribution in [-0.4, -0.2) is 4.92 Å². The maximum atomic E-state index is 12.3. The van der Waals surface area contributed by atoms with E-state index in [1.165, 1.54) is 22.6 Å². The first-order valence-electron chi connectivity index (χ1n) is 3.54. The Kier molecular flexibility index (Phi) is 3.07. The minimum Gasteiger partial charge on any atom is -0.392 e. The highest BCUT2D eigenvalue weighted by Crippen LogP contribution is 2.36. The first kappa shape index (κ1) is 12.0. The van der Waals surface area contributed by atoms with Crippen LogP contribution in [0.4, 0.5) is 24.5 Å². The lowest BCUT2D eigenvalue weighted by Crippen LogP contribution is -2.08. The zero-order chi connectivity index (χ0) is 11.8. The van der Waals surface area contributed by atoms with Gasteiger partial charge in [0.05, 0.1) is 10.5 Å². The fraction of sp³-hybridized carbons (Fsp3) is 0.143. The third-order valence-corrected chi connectivity index (χ3v) is 2.52. The number of nitrogens with zero attached hydrogens (tertiary/aromatic N) is 1. The largest absolute Gasteiger partial charge is 0.416 e. The van der Waals surface area contributed by atoms with E-state index in [1.807, 2.05) is 0 Å². The smallest absolute Gasteiger partial charge is 0.392 e. The molecule has 0 aromatic heterocycles. The molecule has 0 radical (unpaired) electrons. The standard InChI is InChI=1S/C7H4F3IN2O2/c8-7(9,10)3-1-4(11)6(12)5(2-3)13(14)15/h1-2H,12H2. The maximum absolute atomic E-state index is 12.3. The lowest BCUT2D eigenvalue weighted by atomic mass is 10.1. The quantitative estimate of drug-likeness (QED) is 0.372. The third-order valence-electron chi connectivity index (χ3n) is 1.63. The Labute approximate surface area is 95.5 Å². The van der Waals surface area contributed by atoms with E-state index in [0.717, 1.165) is 6.07 Å². The van der Waals surface area contributed by atoms with Crippen LogP contribution in [0, 0.1) is 13.7 Å². The van der Waals surface area contributed by atoms with Crippen molar-refractivity contribution in [2.75, 3.05) is 5.73 Å². The predicted molar refractivity (Wildman–Crippen MR) is 55.2 cm³/mol. The molecule has 0 heterocycles. The van der Waals surface area contributed by atoms with Crippen LogP contribution in [0.2, 0.25) is 0 Å². The molecule has 0 spiro atoms. The zero-order valence-corrected chi connectivity index (χ0v) is 9.17. The molecular weight excluding hydrogens is 328 g/mol. The molecule has 4 nitrogen and oxygen atoms in total. The van der Waals surface area contributed by atoms with E-state index in [0.29, 0.717) is 6.07 Å². The van der Waals surface area contributed by atoms with Gasteiger partial charge >= 0.3 is 6.18 Å². The molecule has 0 unspecified atom stereocenters. The van der Waals surface area contributed by atoms with Gasteiger partial charge in [-0.25, -0.2) is 0 Å². The van der Waals surface area contributed by atoms with Crippen molar-refractivity contribution < 1.29 is 18.1 Å². The number of nitro benzene ring substituents is 1. The van der Waals surface area contributed by atoms with Crippen LogP contribution in [-0.2, 0) is 6.18 Å². The average Bonchev–Trinajstić information content (AvgIpc) is 2.06. The number of nitro groups is 1. The molecule has 2 N–H and O–H groups in total. The van der Waals surface area contributed by atoms with Gasteiger partial charge in [-0.05, 0) is 28.7 Å². The van der Waals surface area contributed by atoms with Crippen molar-refractivity contribution in [1.82, 2.24) is 0 Å². The van der Waals surface area contributed by atoms with Gasteiger partial charge in [0.2, 0.25) is 0 Å². The Morgan fingerprint density at radius 1 is 1.40 bits per heavy atom. The number of hydrogen-bond acceptors (Lipinski definition) is 3. The van der Waals surface area contributed by atoms with E-state index in [9.17, 15) is 23.3 Å². The molecule has 0 saturated heterocycles. The van der Waals surface area contributed by atoms with E-state index in [4.69, 9.17) is 5.73 Å². The second kappa shape index (κ2) is 3.83. The number of halogens is 4. The van der Waals surface area contributed by atoms with E-state index in [-0.39, 0.29) is 9.26 Å². The van der Waals surface area contributed by atoms with Gasteiger partial charge in [0.1, 0.15) is 5.69 Å². The molecule has 0 aliphatic heterocycles. The van der Waals surface area contributed by atoms with Gasteiger partial charge in [-0.2, -0.15) is 13.2 Å². The Bertz CT molecular complexity index is 419. The number of hydrogen-bond donors (Lipinski definition) is 1. The predicted octanol–water partition coefficient (Wildman–Crippen LogP) is 2.80. The molecule has 0 amide bonds. The minimum atomic E-state index is -4.61. The van der Waals surface area contributed by atoms with Crippen molar-refractivity contribution in [3.8, 4) is 0 Å². The molecule has 0 bridgehead atoms. The van der Waals surface area contributed by atoms with Crippen LogP contribution < -0.4 is 5.73 Å². The van der Waals surface area contributed by atoms with Crippen LogP contribution in [0.25, 0.3) is 0 Å². The van der Waals surface area contributed by atoms with Crippen molar-refractivity contribution in [3.05, 3.63) is 31.4 Å². The van der Waals surface area contributed by atoms with Gasteiger partial charge in [0, 0.05) is 9.64 Å². The molecule has 82 valence electrons. The average molecular weight is 332 g/mol. The molecule has 0 aliphatic carbocycles. The fourth-order valence-corrected chi connectivity index (χ4v) is 1.53. The summed E-state index contributed by atoms with van der Waals surface area (Å²) in [4.78, 5) is 9.47. The molecule has 8 heteroatoms. The van der Waals surface area contributed by atoms with Gasteiger partial charge in [-0.3, -0.25) is 10.1 Å². The van der Waals surface area contributed by atoms with E-state index >= 15 is 0 Å². The van der Waals surface area contributed by atoms with E-state index in [2.05, 4.69) is 0 Å². The number of nitrogens with two attached hydrogens (primary N) is 1. The molecule has 1 aromatic rings. The summed E-state index contributed by atoms with van der Waals surface area (Å²) in [6, 6.07) is 1.19. The molecule has 15 heavy (non-hydrogen) atoms. The molecule has 0 saturated carbocycles. The summed E-state index contributed by atoms with van der Waals surface area (Å²) in [6.45, 7) is 0. The summed E-state index contributed by atoms with van der Waals surface area (Å²) in [7, 11) is 0. The van der Waals surface area contributed by atoms with Crippen LogP contribution in [0.1, 0.15) is 5.56 Å². The molecule has 1 rings (SSSR count). The molecule has 1 aromatic carbocycles. The zero-order valence-electron chi connectivity index (χ0n) is 7.01. The fourth-order valence-electron chi connectivity index (χ4n) is 0.918. The number of anilines is 1. The molecule has 0 aliphatic rings. The van der Waals surface area contributed by atoms with Crippen molar-refractivity contribution in [1.29, 1.82) is 0 Å². The summed E-state index contributed by atoms with van der Waals surface area (Å²) in [5.41, 5.74) is 3.22. The number of benzene rings is 1. The second-order valence-electron chi connectivity index (χ2n) is 2.65. The summed E-state index contributed by atoms with van der Waals surface area (Å²) in [6.07, 6.45) is -4.61. The summed E-state index contributed by atoms with van der Waals surface area (Å²) in [5.74, 6) is 0. The number of nitrogen functional groups attached to an aromatic ring is 1. The normalized spacial score (nSPS) is 11.5. The Morgan fingerprint density at radius 2 is 1.93 bits per heavy atom. The Hall–Kier alpha value is -1.06. The van der Waals surface area contributed by atoms with Crippen molar-refractivity contribution in [2.24, 2.45) is 0 Å². The SMILES string of the molecule is Nc1c(I)cc(C(F)(F)F)cc1[N+](=O)[O-]. The highest BCUT2D eigenvalue weighted by Gasteiger charge is 2.33. The van der Waals surface area contributed by atoms with Crippen LogP contribution in [0.3, 0.4) is 0 Å². The summed E-state index contributed by atoms with van der Waals surface area (Å²) >= 11 is 1.52. The minimum absolute atomic E-state index is 0.00845. The van der Waals surface area contributed by atoms with Crippen LogP contribution in [0.15, 0.2) is 12.1 Å². The summed E-state index contributed by atoms with van der Waals surface area (Å²) < 4.78 is 36.8. The van der Waals surface area contributed by atoms with Gasteiger partial charge in [0.25, 0.3) is 5.69 Å². The van der Waals surface area contributed by atoms with Crippen molar-refractivity contribution in [2.45, 2.75) is 6.18 Å².